The number of ether oxygens (including phenoxy) is 2. The molecule has 0 aromatic carbocycles. The molecule has 0 amide bonds. The standard InChI is InChI=1S/C18H36O2/c1-7-9-11-12-14-16-17(3,4)15(13-10-8-2)19-18(5,6)20-16/h15-16H,7-14H2,1-6H3/t15-,16+/m1/s1. The van der Waals surface area contributed by atoms with Gasteiger partial charge in [0.15, 0.2) is 5.79 Å². The lowest BCUT2D eigenvalue weighted by Crippen LogP contribution is -2.55. The molecule has 0 aliphatic carbocycles. The summed E-state index contributed by atoms with van der Waals surface area (Å²) in [6.45, 7) is 13.3. The van der Waals surface area contributed by atoms with Crippen LogP contribution in [-0.4, -0.2) is 18.0 Å². The minimum atomic E-state index is -0.427. The molecule has 1 aliphatic rings. The van der Waals surface area contributed by atoms with Gasteiger partial charge in [-0.1, -0.05) is 66.2 Å². The van der Waals surface area contributed by atoms with Gasteiger partial charge in [-0.2, -0.15) is 0 Å². The topological polar surface area (TPSA) is 18.5 Å². The Balaban J connectivity index is 2.64. The maximum atomic E-state index is 6.26. The summed E-state index contributed by atoms with van der Waals surface area (Å²) >= 11 is 0. The van der Waals surface area contributed by atoms with Crippen molar-refractivity contribution in [1.82, 2.24) is 0 Å². The maximum absolute atomic E-state index is 6.26. The van der Waals surface area contributed by atoms with Crippen molar-refractivity contribution in [3.05, 3.63) is 0 Å². The van der Waals surface area contributed by atoms with Crippen LogP contribution >= 0.6 is 0 Å². The van der Waals surface area contributed by atoms with Gasteiger partial charge in [0.05, 0.1) is 12.2 Å². The van der Waals surface area contributed by atoms with Gasteiger partial charge in [0.25, 0.3) is 0 Å². The number of hydrogen-bond donors (Lipinski definition) is 0. The number of rotatable bonds is 8. The van der Waals surface area contributed by atoms with Crippen molar-refractivity contribution in [3.8, 4) is 0 Å². The predicted molar refractivity (Wildman–Crippen MR) is 85.9 cm³/mol. The van der Waals surface area contributed by atoms with E-state index < -0.39 is 5.79 Å². The molecule has 1 fully saturated rings. The fraction of sp³-hybridized carbons (Fsp3) is 1.00. The Morgan fingerprint density at radius 2 is 1.20 bits per heavy atom. The molecule has 120 valence electrons. The maximum Gasteiger partial charge on any atom is 0.163 e. The van der Waals surface area contributed by atoms with Crippen LogP contribution in [0.25, 0.3) is 0 Å². The van der Waals surface area contributed by atoms with Gasteiger partial charge in [0.2, 0.25) is 0 Å². The quantitative estimate of drug-likeness (QED) is 0.533. The first-order valence-corrected chi connectivity index (χ1v) is 8.69. The van der Waals surface area contributed by atoms with Crippen molar-refractivity contribution in [2.24, 2.45) is 5.41 Å². The third-order valence-corrected chi connectivity index (χ3v) is 4.65. The highest BCUT2D eigenvalue weighted by molar-refractivity contribution is 4.92. The van der Waals surface area contributed by atoms with Gasteiger partial charge in [-0.25, -0.2) is 0 Å². The van der Waals surface area contributed by atoms with E-state index in [1.54, 1.807) is 0 Å². The van der Waals surface area contributed by atoms with Crippen LogP contribution in [0.1, 0.15) is 92.9 Å². The molecule has 0 unspecified atom stereocenters. The van der Waals surface area contributed by atoms with Gasteiger partial charge < -0.3 is 9.47 Å². The van der Waals surface area contributed by atoms with Crippen molar-refractivity contribution in [2.45, 2.75) is 111 Å². The van der Waals surface area contributed by atoms with Crippen molar-refractivity contribution in [1.29, 1.82) is 0 Å². The highest BCUT2D eigenvalue weighted by Gasteiger charge is 2.47. The van der Waals surface area contributed by atoms with Crippen LogP contribution in [0, 0.1) is 5.41 Å². The monoisotopic (exact) mass is 284 g/mol. The number of hydrogen-bond acceptors (Lipinski definition) is 2. The average molecular weight is 284 g/mol. The summed E-state index contributed by atoms with van der Waals surface area (Å²) in [4.78, 5) is 0. The second-order valence-electron chi connectivity index (χ2n) is 7.43. The smallest absolute Gasteiger partial charge is 0.163 e. The van der Waals surface area contributed by atoms with Gasteiger partial charge in [0, 0.05) is 5.41 Å². The van der Waals surface area contributed by atoms with E-state index in [0.29, 0.717) is 12.2 Å². The summed E-state index contributed by atoms with van der Waals surface area (Å²) in [7, 11) is 0. The molecule has 1 heterocycles. The SMILES string of the molecule is CCCCCC[C@@H]1OC(C)(C)O[C@H](CCCC)C1(C)C. The van der Waals surface area contributed by atoms with Gasteiger partial charge in [0.1, 0.15) is 0 Å². The van der Waals surface area contributed by atoms with E-state index in [2.05, 4.69) is 41.5 Å². The Kier molecular flexibility index (Phi) is 7.00. The van der Waals surface area contributed by atoms with Crippen LogP contribution in [-0.2, 0) is 9.47 Å². The fourth-order valence-electron chi connectivity index (χ4n) is 3.23. The van der Waals surface area contributed by atoms with Crippen LogP contribution in [0.5, 0.6) is 0 Å². The molecule has 0 aromatic heterocycles. The van der Waals surface area contributed by atoms with E-state index >= 15 is 0 Å². The van der Waals surface area contributed by atoms with Gasteiger partial charge in [-0.15, -0.1) is 0 Å². The first-order chi connectivity index (χ1) is 9.33. The average Bonchev–Trinajstić information content (AvgIpc) is 2.36. The van der Waals surface area contributed by atoms with E-state index in [9.17, 15) is 0 Å². The van der Waals surface area contributed by atoms with E-state index in [4.69, 9.17) is 9.47 Å². The first-order valence-electron chi connectivity index (χ1n) is 8.69. The summed E-state index contributed by atoms with van der Waals surface area (Å²) < 4.78 is 12.5. The Labute approximate surface area is 126 Å². The summed E-state index contributed by atoms with van der Waals surface area (Å²) in [5.41, 5.74) is 0.122. The zero-order valence-electron chi connectivity index (χ0n) is 14.6. The highest BCUT2D eigenvalue weighted by Crippen LogP contribution is 2.43. The highest BCUT2D eigenvalue weighted by atomic mass is 16.7. The zero-order valence-corrected chi connectivity index (χ0v) is 14.6. The summed E-state index contributed by atoms with van der Waals surface area (Å²) in [5.74, 6) is -0.427. The zero-order chi connectivity index (χ0) is 15.2. The molecule has 0 bridgehead atoms. The normalized spacial score (nSPS) is 28.5. The van der Waals surface area contributed by atoms with Gasteiger partial charge in [-0.3, -0.25) is 0 Å². The molecule has 0 N–H and O–H groups in total. The second-order valence-corrected chi connectivity index (χ2v) is 7.43. The minimum Gasteiger partial charge on any atom is -0.347 e. The van der Waals surface area contributed by atoms with E-state index in [1.165, 1.54) is 44.9 Å². The van der Waals surface area contributed by atoms with Crippen LogP contribution in [0.15, 0.2) is 0 Å². The molecule has 0 saturated carbocycles. The van der Waals surface area contributed by atoms with Crippen molar-refractivity contribution >= 4 is 0 Å². The third kappa shape index (κ3) is 5.04. The summed E-state index contributed by atoms with van der Waals surface area (Å²) in [6.07, 6.45) is 10.7. The lowest BCUT2D eigenvalue weighted by atomic mass is 9.75. The molecular weight excluding hydrogens is 248 g/mol. The van der Waals surface area contributed by atoms with E-state index in [-0.39, 0.29) is 5.41 Å². The molecular formula is C18H36O2. The van der Waals surface area contributed by atoms with Crippen molar-refractivity contribution < 1.29 is 9.47 Å². The van der Waals surface area contributed by atoms with Crippen LogP contribution in [0.4, 0.5) is 0 Å². The molecule has 1 aliphatic heterocycles. The number of unbranched alkanes of at least 4 members (excludes halogenated alkanes) is 4. The summed E-state index contributed by atoms with van der Waals surface area (Å²) in [6, 6.07) is 0. The van der Waals surface area contributed by atoms with Crippen molar-refractivity contribution in [3.63, 3.8) is 0 Å². The summed E-state index contributed by atoms with van der Waals surface area (Å²) in [5, 5.41) is 0. The largest absolute Gasteiger partial charge is 0.347 e. The van der Waals surface area contributed by atoms with E-state index in [0.717, 1.165) is 6.42 Å². The molecule has 2 nitrogen and oxygen atoms in total. The Hall–Kier alpha value is -0.0800. The Morgan fingerprint density at radius 3 is 1.70 bits per heavy atom. The molecule has 2 heteroatoms. The lowest BCUT2D eigenvalue weighted by molar-refractivity contribution is -0.343. The first kappa shape index (κ1) is 18.0. The molecule has 0 radical (unpaired) electrons. The predicted octanol–water partition coefficient (Wildman–Crippen LogP) is 5.69. The molecule has 1 saturated heterocycles. The van der Waals surface area contributed by atoms with Crippen LogP contribution in [0.2, 0.25) is 0 Å². The molecule has 1 rings (SSSR count). The lowest BCUT2D eigenvalue weighted by Gasteiger charge is -2.51. The Morgan fingerprint density at radius 1 is 0.700 bits per heavy atom. The minimum absolute atomic E-state index is 0.122. The van der Waals surface area contributed by atoms with Gasteiger partial charge >= 0.3 is 0 Å². The van der Waals surface area contributed by atoms with Gasteiger partial charge in [-0.05, 0) is 26.7 Å². The van der Waals surface area contributed by atoms with Crippen molar-refractivity contribution in [2.75, 3.05) is 0 Å². The van der Waals surface area contributed by atoms with Crippen LogP contribution in [0.3, 0.4) is 0 Å². The molecule has 2 atom stereocenters. The molecule has 0 spiro atoms. The molecule has 20 heavy (non-hydrogen) atoms. The molecule has 0 aromatic rings. The Bertz CT molecular complexity index is 271. The fourth-order valence-corrected chi connectivity index (χ4v) is 3.23. The second kappa shape index (κ2) is 7.79. The van der Waals surface area contributed by atoms with E-state index in [1.807, 2.05) is 0 Å². The van der Waals surface area contributed by atoms with Crippen LogP contribution < -0.4 is 0 Å². The third-order valence-electron chi connectivity index (χ3n) is 4.65.